The van der Waals surface area contributed by atoms with Crippen LogP contribution in [0.1, 0.15) is 37.2 Å². The van der Waals surface area contributed by atoms with E-state index in [0.717, 1.165) is 19.4 Å². The van der Waals surface area contributed by atoms with E-state index in [-0.39, 0.29) is 22.7 Å². The van der Waals surface area contributed by atoms with Gasteiger partial charge in [0.1, 0.15) is 5.82 Å². The van der Waals surface area contributed by atoms with Crippen LogP contribution in [0.2, 0.25) is 5.02 Å². The maximum atomic E-state index is 11.3. The summed E-state index contributed by atoms with van der Waals surface area (Å²) in [5.74, 6) is -0.284. The number of pyridine rings is 1. The molecule has 0 aliphatic carbocycles. The predicted molar refractivity (Wildman–Crippen MR) is 84.4 cm³/mol. The highest BCUT2D eigenvalue weighted by Crippen LogP contribution is 2.27. The molecular formula is C15H20ClN3O3. The molecule has 1 fully saturated rings. The van der Waals surface area contributed by atoms with Gasteiger partial charge in [0, 0.05) is 20.0 Å². The number of carbonyl (C=O) groups excluding carboxylic acids is 1. The zero-order chi connectivity index (χ0) is 16.3. The Morgan fingerprint density at radius 3 is 2.77 bits per heavy atom. The Bertz CT molecular complexity index is 579. The molecule has 1 amide bonds. The summed E-state index contributed by atoms with van der Waals surface area (Å²) in [6, 6.07) is 3.32. The van der Waals surface area contributed by atoms with E-state index in [0.29, 0.717) is 18.3 Å². The van der Waals surface area contributed by atoms with Crippen molar-refractivity contribution in [3.8, 4) is 0 Å². The number of carboxylic acid groups (broad SMARTS) is 1. The summed E-state index contributed by atoms with van der Waals surface area (Å²) in [6.07, 6.45) is 2.03. The summed E-state index contributed by atoms with van der Waals surface area (Å²) < 4.78 is 0. The number of nitrogens with one attached hydrogen (secondary N) is 1. The number of aromatic nitrogens is 1. The first kappa shape index (κ1) is 16.5. The molecule has 1 saturated heterocycles. The first-order chi connectivity index (χ1) is 10.4. The number of hydrogen-bond acceptors (Lipinski definition) is 4. The second kappa shape index (κ2) is 6.96. The minimum Gasteiger partial charge on any atom is -0.476 e. The third-order valence-electron chi connectivity index (χ3n) is 3.85. The molecule has 0 saturated carbocycles. The van der Waals surface area contributed by atoms with Gasteiger partial charge in [-0.3, -0.25) is 4.79 Å². The summed E-state index contributed by atoms with van der Waals surface area (Å²) in [5, 5.41) is 12.2. The lowest BCUT2D eigenvalue weighted by molar-refractivity contribution is -0.119. The number of anilines is 1. The Morgan fingerprint density at radius 2 is 2.18 bits per heavy atom. The molecule has 0 radical (unpaired) electrons. The lowest BCUT2D eigenvalue weighted by Crippen LogP contribution is -2.39. The normalized spacial score (nSPS) is 21.0. The number of hydrogen-bond donors (Lipinski definition) is 2. The Kier molecular flexibility index (Phi) is 5.24. The minimum atomic E-state index is -1.14. The van der Waals surface area contributed by atoms with Gasteiger partial charge in [0.2, 0.25) is 5.91 Å². The van der Waals surface area contributed by atoms with Gasteiger partial charge in [-0.2, -0.15) is 0 Å². The molecule has 0 spiro atoms. The van der Waals surface area contributed by atoms with Crippen LogP contribution in [-0.2, 0) is 4.79 Å². The van der Waals surface area contributed by atoms with E-state index in [1.54, 1.807) is 12.1 Å². The standard InChI is InChI=1S/C15H20ClN3O3/c1-3-4-10-7-19(8-12(10)17-9(2)20)13-6-5-11(16)14(18-13)15(21)22/h5-6,10,12H,3-4,7-8H2,1-2H3,(H,17,20)(H,21,22)/t10-,12-/m1/s1. The highest BCUT2D eigenvalue weighted by atomic mass is 35.5. The van der Waals surface area contributed by atoms with Crippen molar-refractivity contribution in [2.45, 2.75) is 32.7 Å². The first-order valence-electron chi connectivity index (χ1n) is 7.34. The summed E-state index contributed by atoms with van der Waals surface area (Å²) in [6.45, 7) is 4.98. The number of halogens is 1. The second-order valence-corrected chi connectivity index (χ2v) is 5.97. The molecule has 0 unspecified atom stereocenters. The third kappa shape index (κ3) is 3.68. The largest absolute Gasteiger partial charge is 0.476 e. The van der Waals surface area contributed by atoms with Crippen molar-refractivity contribution in [2.24, 2.45) is 5.92 Å². The lowest BCUT2D eigenvalue weighted by atomic mass is 9.98. The van der Waals surface area contributed by atoms with Gasteiger partial charge in [0.05, 0.1) is 11.1 Å². The molecule has 2 heterocycles. The van der Waals surface area contributed by atoms with Crippen molar-refractivity contribution in [1.29, 1.82) is 0 Å². The first-order valence-corrected chi connectivity index (χ1v) is 7.72. The average molecular weight is 326 g/mol. The van der Waals surface area contributed by atoms with Gasteiger partial charge in [-0.05, 0) is 24.5 Å². The van der Waals surface area contributed by atoms with E-state index < -0.39 is 5.97 Å². The van der Waals surface area contributed by atoms with Crippen LogP contribution in [-0.4, -0.2) is 41.1 Å². The molecule has 1 aromatic heterocycles. The topological polar surface area (TPSA) is 82.5 Å². The molecular weight excluding hydrogens is 306 g/mol. The van der Waals surface area contributed by atoms with Gasteiger partial charge in [-0.1, -0.05) is 24.9 Å². The van der Waals surface area contributed by atoms with Gasteiger partial charge in [-0.15, -0.1) is 0 Å². The average Bonchev–Trinajstić information content (AvgIpc) is 2.81. The van der Waals surface area contributed by atoms with Gasteiger partial charge in [0.15, 0.2) is 5.69 Å². The van der Waals surface area contributed by atoms with Crippen molar-refractivity contribution in [3.63, 3.8) is 0 Å². The fourth-order valence-corrected chi connectivity index (χ4v) is 3.09. The van der Waals surface area contributed by atoms with Crippen LogP contribution >= 0.6 is 11.6 Å². The van der Waals surface area contributed by atoms with Crippen LogP contribution in [0, 0.1) is 5.92 Å². The second-order valence-electron chi connectivity index (χ2n) is 5.57. The van der Waals surface area contributed by atoms with Crippen molar-refractivity contribution < 1.29 is 14.7 Å². The molecule has 7 heteroatoms. The smallest absolute Gasteiger partial charge is 0.356 e. The van der Waals surface area contributed by atoms with E-state index in [4.69, 9.17) is 16.7 Å². The molecule has 22 heavy (non-hydrogen) atoms. The molecule has 1 aromatic rings. The van der Waals surface area contributed by atoms with Crippen LogP contribution in [0.5, 0.6) is 0 Å². The van der Waals surface area contributed by atoms with E-state index in [1.807, 2.05) is 4.90 Å². The summed E-state index contributed by atoms with van der Waals surface area (Å²) >= 11 is 5.85. The maximum Gasteiger partial charge on any atom is 0.356 e. The molecule has 0 bridgehead atoms. The zero-order valence-corrected chi connectivity index (χ0v) is 13.4. The Morgan fingerprint density at radius 1 is 1.45 bits per heavy atom. The molecule has 2 N–H and O–H groups in total. The van der Waals surface area contributed by atoms with E-state index in [2.05, 4.69) is 17.2 Å². The number of aromatic carboxylic acids is 1. The van der Waals surface area contributed by atoms with Gasteiger partial charge < -0.3 is 15.3 Å². The van der Waals surface area contributed by atoms with E-state index in [9.17, 15) is 9.59 Å². The summed E-state index contributed by atoms with van der Waals surface area (Å²) in [7, 11) is 0. The highest BCUT2D eigenvalue weighted by molar-refractivity contribution is 6.33. The monoisotopic (exact) mass is 325 g/mol. The minimum absolute atomic E-state index is 0.0526. The summed E-state index contributed by atoms with van der Waals surface area (Å²) in [5.41, 5.74) is -0.144. The van der Waals surface area contributed by atoms with Crippen molar-refractivity contribution in [2.75, 3.05) is 18.0 Å². The third-order valence-corrected chi connectivity index (χ3v) is 4.15. The van der Waals surface area contributed by atoms with Crippen molar-refractivity contribution >= 4 is 29.3 Å². The Balaban J connectivity index is 2.21. The van der Waals surface area contributed by atoms with Crippen molar-refractivity contribution in [3.05, 3.63) is 22.8 Å². The molecule has 6 nitrogen and oxygen atoms in total. The molecule has 2 atom stereocenters. The van der Waals surface area contributed by atoms with Gasteiger partial charge >= 0.3 is 5.97 Å². The highest BCUT2D eigenvalue weighted by Gasteiger charge is 2.33. The van der Waals surface area contributed by atoms with Crippen LogP contribution in [0.15, 0.2) is 12.1 Å². The van der Waals surface area contributed by atoms with Crippen LogP contribution in [0.4, 0.5) is 5.82 Å². The Hall–Kier alpha value is -1.82. The SMILES string of the molecule is CCC[C@@H]1CN(c2ccc(Cl)c(C(=O)O)n2)C[C@H]1NC(C)=O. The number of rotatable bonds is 5. The van der Waals surface area contributed by atoms with Gasteiger partial charge in [-0.25, -0.2) is 9.78 Å². The van der Waals surface area contributed by atoms with Crippen LogP contribution in [0.25, 0.3) is 0 Å². The van der Waals surface area contributed by atoms with Crippen molar-refractivity contribution in [1.82, 2.24) is 10.3 Å². The van der Waals surface area contributed by atoms with E-state index >= 15 is 0 Å². The number of carbonyl (C=O) groups is 2. The van der Waals surface area contributed by atoms with E-state index in [1.165, 1.54) is 6.92 Å². The fourth-order valence-electron chi connectivity index (χ4n) is 2.90. The fraction of sp³-hybridized carbons (Fsp3) is 0.533. The maximum absolute atomic E-state index is 11.3. The summed E-state index contributed by atoms with van der Waals surface area (Å²) in [4.78, 5) is 28.6. The Labute approximate surface area is 134 Å². The molecule has 0 aromatic carbocycles. The molecule has 1 aliphatic rings. The van der Waals surface area contributed by atoms with Crippen LogP contribution in [0.3, 0.4) is 0 Å². The van der Waals surface area contributed by atoms with Gasteiger partial charge in [0.25, 0.3) is 0 Å². The molecule has 1 aliphatic heterocycles. The lowest BCUT2D eigenvalue weighted by Gasteiger charge is -2.18. The number of carboxylic acids is 1. The molecule has 2 rings (SSSR count). The quantitative estimate of drug-likeness (QED) is 0.867. The number of amides is 1. The zero-order valence-electron chi connectivity index (χ0n) is 12.7. The van der Waals surface area contributed by atoms with Crippen LogP contribution < -0.4 is 10.2 Å². The molecule has 120 valence electrons. The number of nitrogens with zero attached hydrogens (tertiary/aromatic N) is 2. The predicted octanol–water partition coefficient (Wildman–Crippen LogP) is 2.17.